The molecule has 0 spiro atoms. The number of guanidine groups is 1. The molecule has 2 rings (SSSR count). The fourth-order valence-corrected chi connectivity index (χ4v) is 3.31. The fourth-order valence-electron chi connectivity index (χ4n) is 3.31. The molecule has 0 aromatic heterocycles. The highest BCUT2D eigenvalue weighted by atomic mass is 127. The molecule has 0 amide bonds. The maximum atomic E-state index is 6.01. The van der Waals surface area contributed by atoms with Crippen molar-refractivity contribution in [3.63, 3.8) is 0 Å². The zero-order chi connectivity index (χ0) is 17.7. The largest absolute Gasteiger partial charge is 0.379 e. The zero-order valence-corrected chi connectivity index (χ0v) is 18.8. The predicted molar refractivity (Wildman–Crippen MR) is 117 cm³/mol. The molecule has 0 radical (unpaired) electrons. The van der Waals surface area contributed by atoms with Gasteiger partial charge in [0.25, 0.3) is 0 Å². The lowest BCUT2D eigenvalue weighted by Gasteiger charge is -2.20. The lowest BCUT2D eigenvalue weighted by molar-refractivity contribution is 0.0347. The van der Waals surface area contributed by atoms with Gasteiger partial charge in [0, 0.05) is 19.2 Å². The summed E-state index contributed by atoms with van der Waals surface area (Å²) in [7, 11) is 0. The summed E-state index contributed by atoms with van der Waals surface area (Å²) in [6, 6.07) is 0.209. The molecular formula is C19H38IN3O3. The molecule has 1 aliphatic carbocycles. The van der Waals surface area contributed by atoms with Crippen molar-refractivity contribution in [2.24, 2.45) is 4.99 Å². The summed E-state index contributed by atoms with van der Waals surface area (Å²) in [5.74, 6) is 0.839. The predicted octanol–water partition coefficient (Wildman–Crippen LogP) is 3.09. The minimum Gasteiger partial charge on any atom is -0.379 e. The Morgan fingerprint density at radius 2 is 1.88 bits per heavy atom. The van der Waals surface area contributed by atoms with Crippen LogP contribution in [0, 0.1) is 0 Å². The normalized spacial score (nSPS) is 23.2. The summed E-state index contributed by atoms with van der Waals surface area (Å²) >= 11 is 0. The van der Waals surface area contributed by atoms with Gasteiger partial charge in [-0.3, -0.25) is 4.99 Å². The SMILES string of the molecule is CCNC(=NCCOC1CCCCCC1)NC(C)COC1CCOC1.I. The van der Waals surface area contributed by atoms with Crippen LogP contribution in [0.25, 0.3) is 0 Å². The van der Waals surface area contributed by atoms with E-state index in [0.29, 0.717) is 25.9 Å². The Morgan fingerprint density at radius 3 is 2.54 bits per heavy atom. The summed E-state index contributed by atoms with van der Waals surface area (Å²) in [5.41, 5.74) is 0. The molecule has 2 unspecified atom stereocenters. The van der Waals surface area contributed by atoms with Crippen LogP contribution in [0.4, 0.5) is 0 Å². The van der Waals surface area contributed by atoms with E-state index < -0.39 is 0 Å². The molecule has 2 fully saturated rings. The van der Waals surface area contributed by atoms with Crippen LogP contribution < -0.4 is 10.6 Å². The van der Waals surface area contributed by atoms with Gasteiger partial charge in [-0.2, -0.15) is 0 Å². The highest BCUT2D eigenvalue weighted by Gasteiger charge is 2.17. The molecule has 0 aromatic carbocycles. The van der Waals surface area contributed by atoms with Crippen molar-refractivity contribution in [1.82, 2.24) is 10.6 Å². The first-order valence-electron chi connectivity index (χ1n) is 10.1. The number of aliphatic imine (C=N–C) groups is 1. The zero-order valence-electron chi connectivity index (χ0n) is 16.5. The van der Waals surface area contributed by atoms with E-state index in [4.69, 9.17) is 14.2 Å². The molecule has 26 heavy (non-hydrogen) atoms. The number of nitrogens with zero attached hydrogens (tertiary/aromatic N) is 1. The van der Waals surface area contributed by atoms with E-state index in [9.17, 15) is 0 Å². The molecule has 1 saturated carbocycles. The van der Waals surface area contributed by atoms with Crippen molar-refractivity contribution in [1.29, 1.82) is 0 Å². The van der Waals surface area contributed by atoms with Gasteiger partial charge in [-0.15, -0.1) is 24.0 Å². The lowest BCUT2D eigenvalue weighted by atomic mass is 10.1. The molecule has 6 nitrogen and oxygen atoms in total. The number of hydrogen-bond donors (Lipinski definition) is 2. The molecule has 1 saturated heterocycles. The maximum Gasteiger partial charge on any atom is 0.191 e. The van der Waals surface area contributed by atoms with Crippen LogP contribution in [0.1, 0.15) is 58.8 Å². The topological polar surface area (TPSA) is 64.1 Å². The van der Waals surface area contributed by atoms with Crippen LogP contribution in [0.3, 0.4) is 0 Å². The van der Waals surface area contributed by atoms with Gasteiger partial charge in [0.2, 0.25) is 0 Å². The molecule has 0 aromatic rings. The Labute approximate surface area is 176 Å². The van der Waals surface area contributed by atoms with E-state index >= 15 is 0 Å². The monoisotopic (exact) mass is 483 g/mol. The van der Waals surface area contributed by atoms with Crippen LogP contribution in [0.2, 0.25) is 0 Å². The van der Waals surface area contributed by atoms with Gasteiger partial charge in [0.1, 0.15) is 0 Å². The Hall–Kier alpha value is -0.120. The molecular weight excluding hydrogens is 445 g/mol. The second kappa shape index (κ2) is 14.9. The van der Waals surface area contributed by atoms with E-state index in [1.54, 1.807) is 0 Å². The van der Waals surface area contributed by atoms with Gasteiger partial charge in [-0.05, 0) is 33.1 Å². The van der Waals surface area contributed by atoms with Crippen molar-refractivity contribution >= 4 is 29.9 Å². The van der Waals surface area contributed by atoms with E-state index in [-0.39, 0.29) is 36.1 Å². The van der Waals surface area contributed by atoms with Crippen LogP contribution in [0.5, 0.6) is 0 Å². The molecule has 1 heterocycles. The number of nitrogens with one attached hydrogen (secondary N) is 2. The standard InChI is InChI=1S/C19H37N3O3.HI/c1-3-20-19(22-16(2)14-25-18-10-12-23-15-18)21-11-13-24-17-8-6-4-5-7-9-17;/h16-18H,3-15H2,1-2H3,(H2,20,21,22);1H. The average Bonchev–Trinajstić information content (AvgIpc) is 2.99. The third-order valence-corrected chi connectivity index (χ3v) is 4.71. The molecule has 154 valence electrons. The van der Waals surface area contributed by atoms with Gasteiger partial charge >= 0.3 is 0 Å². The second-order valence-electron chi connectivity index (χ2n) is 7.11. The van der Waals surface area contributed by atoms with Crippen molar-refractivity contribution in [3.05, 3.63) is 0 Å². The quantitative estimate of drug-likeness (QED) is 0.174. The summed E-state index contributed by atoms with van der Waals surface area (Å²) in [6.07, 6.45) is 9.44. The fraction of sp³-hybridized carbons (Fsp3) is 0.947. The highest BCUT2D eigenvalue weighted by molar-refractivity contribution is 14.0. The first-order valence-corrected chi connectivity index (χ1v) is 10.1. The smallest absolute Gasteiger partial charge is 0.191 e. The highest BCUT2D eigenvalue weighted by Crippen LogP contribution is 2.19. The minimum atomic E-state index is 0. The van der Waals surface area contributed by atoms with Gasteiger partial charge in [-0.25, -0.2) is 0 Å². The van der Waals surface area contributed by atoms with Crippen LogP contribution >= 0.6 is 24.0 Å². The van der Waals surface area contributed by atoms with Crippen LogP contribution in [0.15, 0.2) is 4.99 Å². The molecule has 2 atom stereocenters. The number of rotatable bonds is 9. The van der Waals surface area contributed by atoms with E-state index in [1.807, 2.05) is 0 Å². The van der Waals surface area contributed by atoms with E-state index in [2.05, 4.69) is 29.5 Å². The Balaban J connectivity index is 0.00000338. The summed E-state index contributed by atoms with van der Waals surface area (Å²) in [6.45, 7) is 8.63. The van der Waals surface area contributed by atoms with Gasteiger partial charge in [0.15, 0.2) is 5.96 Å². The van der Waals surface area contributed by atoms with Crippen LogP contribution in [-0.4, -0.2) is 63.7 Å². The third kappa shape index (κ3) is 10.3. The van der Waals surface area contributed by atoms with Crippen molar-refractivity contribution in [3.8, 4) is 0 Å². The second-order valence-corrected chi connectivity index (χ2v) is 7.11. The minimum absolute atomic E-state index is 0. The number of ether oxygens (including phenoxy) is 3. The Bertz CT molecular complexity index is 371. The average molecular weight is 483 g/mol. The number of hydrogen-bond acceptors (Lipinski definition) is 4. The Kier molecular flexibility index (Phi) is 13.7. The third-order valence-electron chi connectivity index (χ3n) is 4.71. The molecule has 7 heteroatoms. The summed E-state index contributed by atoms with van der Waals surface area (Å²) in [4.78, 5) is 4.63. The maximum absolute atomic E-state index is 6.01. The molecule has 1 aliphatic heterocycles. The first-order chi connectivity index (χ1) is 12.3. The molecule has 2 aliphatic rings. The van der Waals surface area contributed by atoms with Crippen molar-refractivity contribution in [2.45, 2.75) is 77.0 Å². The van der Waals surface area contributed by atoms with Crippen molar-refractivity contribution < 1.29 is 14.2 Å². The Morgan fingerprint density at radius 1 is 1.12 bits per heavy atom. The van der Waals surface area contributed by atoms with Gasteiger partial charge in [0.05, 0.1) is 38.6 Å². The molecule has 2 N–H and O–H groups in total. The lowest BCUT2D eigenvalue weighted by Crippen LogP contribution is -2.44. The van der Waals surface area contributed by atoms with E-state index in [0.717, 1.165) is 32.1 Å². The first kappa shape index (κ1) is 23.9. The van der Waals surface area contributed by atoms with Crippen molar-refractivity contribution in [2.75, 3.05) is 39.5 Å². The van der Waals surface area contributed by atoms with Gasteiger partial charge in [-0.1, -0.05) is 25.7 Å². The number of halogens is 1. The molecule has 0 bridgehead atoms. The van der Waals surface area contributed by atoms with E-state index in [1.165, 1.54) is 38.5 Å². The summed E-state index contributed by atoms with van der Waals surface area (Å²) in [5, 5.41) is 6.70. The van der Waals surface area contributed by atoms with Gasteiger partial charge < -0.3 is 24.8 Å². The summed E-state index contributed by atoms with van der Waals surface area (Å²) < 4.78 is 17.2. The van der Waals surface area contributed by atoms with Crippen LogP contribution in [-0.2, 0) is 14.2 Å².